The molecule has 112 valence electrons. The molecule has 0 atom stereocenters. The molecule has 0 unspecified atom stereocenters. The zero-order valence-electron chi connectivity index (χ0n) is 12.5. The maximum absolute atomic E-state index is 11.9. The van der Waals surface area contributed by atoms with Gasteiger partial charge in [0.05, 0.1) is 12.2 Å². The number of benzene rings is 1. The molecule has 0 radical (unpaired) electrons. The van der Waals surface area contributed by atoms with Crippen LogP contribution in [0.3, 0.4) is 0 Å². The third-order valence-corrected chi connectivity index (χ3v) is 2.55. The number of rotatable bonds is 7. The largest absolute Gasteiger partial charge is 0.490 e. The van der Waals surface area contributed by atoms with Crippen molar-refractivity contribution in [2.45, 2.75) is 26.4 Å². The molecule has 0 aliphatic carbocycles. The smallest absolute Gasteiger partial charge is 0.260 e. The number of para-hydroxylation sites is 2. The van der Waals surface area contributed by atoms with E-state index in [2.05, 4.69) is 0 Å². The van der Waals surface area contributed by atoms with Crippen LogP contribution in [0.25, 0.3) is 0 Å². The van der Waals surface area contributed by atoms with Gasteiger partial charge in [-0.05, 0) is 32.9 Å². The summed E-state index contributed by atoms with van der Waals surface area (Å²) in [5.41, 5.74) is -0.923. The van der Waals surface area contributed by atoms with Crippen LogP contribution in [0.1, 0.15) is 20.8 Å². The quantitative estimate of drug-likeness (QED) is 0.826. The minimum absolute atomic E-state index is 0.0866. The molecule has 1 amide bonds. The molecule has 1 rings (SSSR count). The van der Waals surface area contributed by atoms with Gasteiger partial charge < -0.3 is 19.5 Å². The lowest BCUT2D eigenvalue weighted by atomic mass is 10.1. The van der Waals surface area contributed by atoms with Gasteiger partial charge in [-0.2, -0.15) is 0 Å². The predicted molar refractivity (Wildman–Crippen MR) is 77.0 cm³/mol. The first kappa shape index (κ1) is 16.3. The molecule has 0 aliphatic rings. The van der Waals surface area contributed by atoms with Crippen LogP contribution in [-0.2, 0) is 4.79 Å². The van der Waals surface area contributed by atoms with E-state index in [1.165, 1.54) is 4.90 Å². The van der Waals surface area contributed by atoms with E-state index in [1.54, 1.807) is 33.0 Å². The van der Waals surface area contributed by atoms with Gasteiger partial charge in [0.25, 0.3) is 5.91 Å². The van der Waals surface area contributed by atoms with Crippen LogP contribution in [0.4, 0.5) is 0 Å². The molecule has 20 heavy (non-hydrogen) atoms. The number of ether oxygens (including phenoxy) is 2. The van der Waals surface area contributed by atoms with Crippen molar-refractivity contribution in [1.29, 1.82) is 0 Å². The lowest BCUT2D eigenvalue weighted by molar-refractivity contribution is -0.134. The third-order valence-electron chi connectivity index (χ3n) is 2.55. The molecule has 0 bridgehead atoms. The normalized spacial score (nSPS) is 11.1. The number of carbonyl (C=O) groups is 1. The number of hydrogen-bond acceptors (Lipinski definition) is 4. The van der Waals surface area contributed by atoms with E-state index in [9.17, 15) is 9.90 Å². The van der Waals surface area contributed by atoms with Gasteiger partial charge in [0.15, 0.2) is 18.1 Å². The SMILES string of the molecule is CCOc1ccccc1OCC(=O)N(C)CC(C)(C)O. The summed E-state index contributed by atoms with van der Waals surface area (Å²) in [5.74, 6) is 0.964. The molecule has 0 aliphatic heterocycles. The summed E-state index contributed by atoms with van der Waals surface area (Å²) in [7, 11) is 1.64. The lowest BCUT2D eigenvalue weighted by Crippen LogP contribution is -2.41. The van der Waals surface area contributed by atoms with Crippen molar-refractivity contribution in [3.8, 4) is 11.5 Å². The van der Waals surface area contributed by atoms with E-state index in [0.717, 1.165) is 0 Å². The first-order valence-electron chi connectivity index (χ1n) is 6.64. The van der Waals surface area contributed by atoms with Gasteiger partial charge in [0, 0.05) is 13.6 Å². The summed E-state index contributed by atoms with van der Waals surface area (Å²) in [4.78, 5) is 13.4. The molecular weight excluding hydrogens is 258 g/mol. The fourth-order valence-electron chi connectivity index (χ4n) is 1.76. The molecule has 1 aromatic rings. The van der Waals surface area contributed by atoms with E-state index >= 15 is 0 Å². The van der Waals surface area contributed by atoms with E-state index in [1.807, 2.05) is 19.1 Å². The monoisotopic (exact) mass is 281 g/mol. The number of nitrogens with zero attached hydrogens (tertiary/aromatic N) is 1. The standard InChI is InChI=1S/C15H23NO4/c1-5-19-12-8-6-7-9-13(12)20-10-14(17)16(4)11-15(2,3)18/h6-9,18H,5,10-11H2,1-4H3. The van der Waals surface area contributed by atoms with Gasteiger partial charge in [-0.3, -0.25) is 4.79 Å². The molecule has 0 fully saturated rings. The van der Waals surface area contributed by atoms with Gasteiger partial charge >= 0.3 is 0 Å². The van der Waals surface area contributed by atoms with E-state index in [4.69, 9.17) is 9.47 Å². The number of likely N-dealkylation sites (N-methyl/N-ethyl adjacent to an activating group) is 1. The maximum Gasteiger partial charge on any atom is 0.260 e. The molecule has 5 nitrogen and oxygen atoms in total. The highest BCUT2D eigenvalue weighted by Gasteiger charge is 2.19. The second-order valence-electron chi connectivity index (χ2n) is 5.23. The van der Waals surface area contributed by atoms with Crippen LogP contribution in [0.2, 0.25) is 0 Å². The highest BCUT2D eigenvalue weighted by molar-refractivity contribution is 5.77. The average molecular weight is 281 g/mol. The Hall–Kier alpha value is -1.75. The van der Waals surface area contributed by atoms with Gasteiger partial charge in [0.2, 0.25) is 0 Å². The summed E-state index contributed by atoms with van der Waals surface area (Å²) in [6.07, 6.45) is 0. The van der Waals surface area contributed by atoms with Crippen LogP contribution in [-0.4, -0.2) is 48.3 Å². The number of hydrogen-bond donors (Lipinski definition) is 1. The number of aliphatic hydroxyl groups is 1. The van der Waals surface area contributed by atoms with Crippen molar-refractivity contribution in [2.24, 2.45) is 0 Å². The number of amides is 1. The Bertz CT molecular complexity index is 440. The first-order chi connectivity index (χ1) is 9.33. The second kappa shape index (κ2) is 7.14. The maximum atomic E-state index is 11.9. The van der Waals surface area contributed by atoms with Gasteiger partial charge in [-0.1, -0.05) is 12.1 Å². The van der Waals surface area contributed by atoms with Crippen LogP contribution < -0.4 is 9.47 Å². The molecule has 1 aromatic carbocycles. The zero-order valence-corrected chi connectivity index (χ0v) is 12.5. The fourth-order valence-corrected chi connectivity index (χ4v) is 1.76. The zero-order chi connectivity index (χ0) is 15.2. The van der Waals surface area contributed by atoms with E-state index in [0.29, 0.717) is 18.1 Å². The average Bonchev–Trinajstić information content (AvgIpc) is 2.35. The van der Waals surface area contributed by atoms with Crippen molar-refractivity contribution in [2.75, 3.05) is 26.8 Å². The van der Waals surface area contributed by atoms with Crippen LogP contribution in [0.5, 0.6) is 11.5 Å². The van der Waals surface area contributed by atoms with Crippen molar-refractivity contribution in [3.63, 3.8) is 0 Å². The van der Waals surface area contributed by atoms with E-state index < -0.39 is 5.60 Å². The Morgan fingerprint density at radius 2 is 1.80 bits per heavy atom. The highest BCUT2D eigenvalue weighted by atomic mass is 16.5. The number of carbonyl (C=O) groups excluding carboxylic acids is 1. The third kappa shape index (κ3) is 5.48. The Morgan fingerprint density at radius 1 is 1.25 bits per heavy atom. The minimum Gasteiger partial charge on any atom is -0.490 e. The molecule has 0 saturated heterocycles. The van der Waals surface area contributed by atoms with Crippen molar-refractivity contribution in [1.82, 2.24) is 4.90 Å². The molecular formula is C15H23NO4. The molecule has 0 spiro atoms. The minimum atomic E-state index is -0.923. The molecule has 0 aromatic heterocycles. The van der Waals surface area contributed by atoms with Crippen LogP contribution in [0, 0.1) is 0 Å². The highest BCUT2D eigenvalue weighted by Crippen LogP contribution is 2.26. The van der Waals surface area contributed by atoms with Gasteiger partial charge in [-0.15, -0.1) is 0 Å². The fraction of sp³-hybridized carbons (Fsp3) is 0.533. The summed E-state index contributed by atoms with van der Waals surface area (Å²) in [5, 5.41) is 9.68. The summed E-state index contributed by atoms with van der Waals surface area (Å²) in [6.45, 7) is 5.90. The molecule has 0 saturated carbocycles. The predicted octanol–water partition coefficient (Wildman–Crippen LogP) is 1.69. The lowest BCUT2D eigenvalue weighted by Gasteiger charge is -2.25. The summed E-state index contributed by atoms with van der Waals surface area (Å²) in [6, 6.07) is 7.22. The Balaban J connectivity index is 2.56. The summed E-state index contributed by atoms with van der Waals surface area (Å²) >= 11 is 0. The molecule has 1 N–H and O–H groups in total. The van der Waals surface area contributed by atoms with Crippen LogP contribution >= 0.6 is 0 Å². The Morgan fingerprint density at radius 3 is 2.30 bits per heavy atom. The van der Waals surface area contributed by atoms with Crippen LogP contribution in [0.15, 0.2) is 24.3 Å². The topological polar surface area (TPSA) is 59.0 Å². The van der Waals surface area contributed by atoms with Crippen molar-refractivity contribution < 1.29 is 19.4 Å². The van der Waals surface area contributed by atoms with Gasteiger partial charge in [-0.25, -0.2) is 0 Å². The summed E-state index contributed by atoms with van der Waals surface area (Å²) < 4.78 is 10.9. The molecule has 0 heterocycles. The Labute approximate surface area is 120 Å². The molecule has 5 heteroatoms. The second-order valence-corrected chi connectivity index (χ2v) is 5.23. The van der Waals surface area contributed by atoms with Crippen molar-refractivity contribution in [3.05, 3.63) is 24.3 Å². The Kier molecular flexibility index (Phi) is 5.82. The van der Waals surface area contributed by atoms with Gasteiger partial charge in [0.1, 0.15) is 0 Å². The van der Waals surface area contributed by atoms with Crippen molar-refractivity contribution >= 4 is 5.91 Å². The first-order valence-corrected chi connectivity index (χ1v) is 6.64. The van der Waals surface area contributed by atoms with E-state index in [-0.39, 0.29) is 19.1 Å².